The molecule has 0 aliphatic heterocycles. The highest BCUT2D eigenvalue weighted by atomic mass is 16.5. The zero-order chi connectivity index (χ0) is 15.2. The van der Waals surface area contributed by atoms with Gasteiger partial charge in [0.25, 0.3) is 0 Å². The van der Waals surface area contributed by atoms with E-state index in [0.717, 1.165) is 24.8 Å². The van der Waals surface area contributed by atoms with E-state index in [1.54, 1.807) is 0 Å². The number of carbonyl (C=O) groups is 1. The van der Waals surface area contributed by atoms with Gasteiger partial charge in [-0.1, -0.05) is 44.5 Å². The minimum absolute atomic E-state index is 0.0708. The molecule has 0 aromatic heterocycles. The minimum atomic E-state index is -0.167. The molecule has 21 heavy (non-hydrogen) atoms. The van der Waals surface area contributed by atoms with Gasteiger partial charge in [-0.3, -0.25) is 4.79 Å². The molecule has 2 nitrogen and oxygen atoms in total. The Morgan fingerprint density at radius 1 is 1.10 bits per heavy atom. The number of hydrogen-bond acceptors (Lipinski definition) is 2. The van der Waals surface area contributed by atoms with Gasteiger partial charge in [-0.2, -0.15) is 0 Å². The largest absolute Gasteiger partial charge is 0.462 e. The smallest absolute Gasteiger partial charge is 0.313 e. The van der Waals surface area contributed by atoms with Crippen LogP contribution in [-0.2, 0) is 16.0 Å². The molecule has 0 radical (unpaired) electrons. The number of hydrogen-bond donors (Lipinski definition) is 0. The summed E-state index contributed by atoms with van der Waals surface area (Å²) in [6.45, 7) is 6.39. The van der Waals surface area contributed by atoms with Gasteiger partial charge in [-0.25, -0.2) is 0 Å². The summed E-state index contributed by atoms with van der Waals surface area (Å²) in [7, 11) is 0. The molecule has 1 saturated carbocycles. The van der Waals surface area contributed by atoms with Gasteiger partial charge in [0.1, 0.15) is 6.10 Å². The van der Waals surface area contributed by atoms with E-state index in [1.807, 2.05) is 6.92 Å². The molecular formula is C19H28O2. The first kappa shape index (κ1) is 16.1. The molecule has 1 aromatic carbocycles. The van der Waals surface area contributed by atoms with Crippen molar-refractivity contribution in [1.29, 1.82) is 0 Å². The summed E-state index contributed by atoms with van der Waals surface area (Å²) in [5.41, 5.74) is 2.39. The second-order valence-corrected chi connectivity index (χ2v) is 6.76. The van der Waals surface area contributed by atoms with Crippen molar-refractivity contribution in [3.05, 3.63) is 35.4 Å². The van der Waals surface area contributed by atoms with E-state index >= 15 is 0 Å². The lowest BCUT2D eigenvalue weighted by molar-refractivity contribution is -0.151. The van der Waals surface area contributed by atoms with E-state index < -0.39 is 0 Å². The van der Waals surface area contributed by atoms with Crippen LogP contribution in [0.1, 0.15) is 69.9 Å². The lowest BCUT2D eigenvalue weighted by Crippen LogP contribution is -2.23. The number of benzene rings is 1. The van der Waals surface area contributed by atoms with Crippen LogP contribution in [0.2, 0.25) is 0 Å². The molecule has 116 valence electrons. The Kier molecular flexibility index (Phi) is 5.84. The van der Waals surface area contributed by atoms with E-state index in [-0.39, 0.29) is 18.0 Å². The van der Waals surface area contributed by atoms with Gasteiger partial charge in [0.15, 0.2) is 0 Å². The monoisotopic (exact) mass is 288 g/mol. The maximum Gasteiger partial charge on any atom is 0.313 e. The molecule has 0 N–H and O–H groups in total. The molecule has 2 rings (SSSR count). The Hall–Kier alpha value is -1.31. The van der Waals surface area contributed by atoms with Crippen LogP contribution in [0.25, 0.3) is 0 Å². The maximum absolute atomic E-state index is 12.3. The van der Waals surface area contributed by atoms with Gasteiger partial charge in [0, 0.05) is 0 Å². The summed E-state index contributed by atoms with van der Waals surface area (Å²) in [6.07, 6.45) is 6.96. The number of rotatable bonds is 5. The average Bonchev–Trinajstić information content (AvgIpc) is 2.47. The lowest BCUT2D eigenvalue weighted by atomic mass is 9.96. The zero-order valence-electron chi connectivity index (χ0n) is 13.6. The zero-order valence-corrected chi connectivity index (χ0v) is 13.6. The van der Waals surface area contributed by atoms with Crippen molar-refractivity contribution in [2.75, 3.05) is 0 Å². The Labute approximate surface area is 128 Å². The Bertz CT molecular complexity index is 441. The quantitative estimate of drug-likeness (QED) is 0.723. The highest BCUT2D eigenvalue weighted by molar-refractivity contribution is 5.77. The van der Waals surface area contributed by atoms with Crippen molar-refractivity contribution in [3.63, 3.8) is 0 Å². The van der Waals surface area contributed by atoms with Gasteiger partial charge in [-0.05, 0) is 56.1 Å². The van der Waals surface area contributed by atoms with E-state index in [0.29, 0.717) is 5.92 Å². The molecule has 1 unspecified atom stereocenters. The van der Waals surface area contributed by atoms with Crippen molar-refractivity contribution in [2.24, 2.45) is 5.92 Å². The van der Waals surface area contributed by atoms with E-state index in [1.165, 1.54) is 24.8 Å². The molecular weight excluding hydrogens is 260 g/mol. The fourth-order valence-electron chi connectivity index (χ4n) is 3.00. The molecule has 1 atom stereocenters. The summed E-state index contributed by atoms with van der Waals surface area (Å²) in [6, 6.07) is 8.43. The first-order valence-corrected chi connectivity index (χ1v) is 8.35. The summed E-state index contributed by atoms with van der Waals surface area (Å²) in [4.78, 5) is 12.3. The normalized spacial score (nSPS) is 17.7. The second-order valence-electron chi connectivity index (χ2n) is 6.76. The molecule has 1 fully saturated rings. The van der Waals surface area contributed by atoms with Crippen LogP contribution >= 0.6 is 0 Å². The minimum Gasteiger partial charge on any atom is -0.462 e. The summed E-state index contributed by atoms with van der Waals surface area (Å²) >= 11 is 0. The van der Waals surface area contributed by atoms with Crippen LogP contribution in [-0.4, -0.2) is 12.1 Å². The van der Waals surface area contributed by atoms with Crippen LogP contribution in [0.3, 0.4) is 0 Å². The van der Waals surface area contributed by atoms with Gasteiger partial charge in [0.2, 0.25) is 0 Å². The summed E-state index contributed by atoms with van der Waals surface area (Å²) in [5, 5.41) is 0. The summed E-state index contributed by atoms with van der Waals surface area (Å²) < 4.78 is 5.66. The van der Waals surface area contributed by atoms with Gasteiger partial charge >= 0.3 is 5.97 Å². The predicted molar refractivity (Wildman–Crippen MR) is 86.4 cm³/mol. The van der Waals surface area contributed by atoms with Crippen LogP contribution in [0.15, 0.2) is 24.3 Å². The Balaban J connectivity index is 1.91. The molecule has 1 aliphatic rings. The van der Waals surface area contributed by atoms with E-state index in [2.05, 4.69) is 38.1 Å². The standard InChI is InChI=1S/C19H28O2/c1-14(2)13-16-9-11-17(12-10-16)15(3)19(20)21-18-7-5-4-6-8-18/h9-12,14-15,18H,4-8,13H2,1-3H3. The van der Waals surface area contributed by atoms with Crippen molar-refractivity contribution >= 4 is 5.97 Å². The number of ether oxygens (including phenoxy) is 1. The fourth-order valence-corrected chi connectivity index (χ4v) is 3.00. The Morgan fingerprint density at radius 2 is 1.71 bits per heavy atom. The SMILES string of the molecule is CC(C)Cc1ccc(C(C)C(=O)OC2CCCCC2)cc1. The third-order valence-corrected chi connectivity index (χ3v) is 4.31. The molecule has 1 aliphatic carbocycles. The van der Waals surface area contributed by atoms with E-state index in [9.17, 15) is 4.79 Å². The second kappa shape index (κ2) is 7.63. The van der Waals surface area contributed by atoms with Crippen molar-refractivity contribution < 1.29 is 9.53 Å². The van der Waals surface area contributed by atoms with Crippen LogP contribution < -0.4 is 0 Å². The number of esters is 1. The molecule has 0 heterocycles. The first-order chi connectivity index (χ1) is 10.1. The van der Waals surface area contributed by atoms with E-state index in [4.69, 9.17) is 4.74 Å². The van der Waals surface area contributed by atoms with Crippen molar-refractivity contribution in [3.8, 4) is 0 Å². The van der Waals surface area contributed by atoms with Crippen molar-refractivity contribution in [2.45, 2.75) is 71.3 Å². The van der Waals surface area contributed by atoms with Gasteiger partial charge in [0.05, 0.1) is 5.92 Å². The van der Waals surface area contributed by atoms with Crippen molar-refractivity contribution in [1.82, 2.24) is 0 Å². The molecule has 0 saturated heterocycles. The average molecular weight is 288 g/mol. The maximum atomic E-state index is 12.3. The molecule has 2 heteroatoms. The third kappa shape index (κ3) is 4.87. The third-order valence-electron chi connectivity index (χ3n) is 4.31. The molecule has 0 bridgehead atoms. The predicted octanol–water partition coefficient (Wildman–Crippen LogP) is 4.86. The fraction of sp³-hybridized carbons (Fsp3) is 0.632. The lowest BCUT2D eigenvalue weighted by Gasteiger charge is -2.23. The van der Waals surface area contributed by atoms with Crippen LogP contribution in [0.5, 0.6) is 0 Å². The van der Waals surface area contributed by atoms with Crippen LogP contribution in [0.4, 0.5) is 0 Å². The van der Waals surface area contributed by atoms with Gasteiger partial charge < -0.3 is 4.74 Å². The highest BCUT2D eigenvalue weighted by Crippen LogP contribution is 2.24. The van der Waals surface area contributed by atoms with Gasteiger partial charge in [-0.15, -0.1) is 0 Å². The highest BCUT2D eigenvalue weighted by Gasteiger charge is 2.22. The Morgan fingerprint density at radius 3 is 2.29 bits per heavy atom. The number of carbonyl (C=O) groups excluding carboxylic acids is 1. The first-order valence-electron chi connectivity index (χ1n) is 8.35. The topological polar surface area (TPSA) is 26.3 Å². The molecule has 0 amide bonds. The molecule has 0 spiro atoms. The van der Waals surface area contributed by atoms with Crippen LogP contribution in [0, 0.1) is 5.92 Å². The summed E-state index contributed by atoms with van der Waals surface area (Å²) in [5.74, 6) is 0.420. The molecule has 1 aromatic rings.